The van der Waals surface area contributed by atoms with Crippen molar-refractivity contribution in [3.05, 3.63) is 30.0 Å². The Morgan fingerprint density at radius 3 is 2.15 bits per heavy atom. The lowest BCUT2D eigenvalue weighted by atomic mass is 10.1. The van der Waals surface area contributed by atoms with E-state index in [9.17, 15) is 0 Å². The highest BCUT2D eigenvalue weighted by Gasteiger charge is 1.89. The first kappa shape index (κ1) is 14.8. The highest BCUT2D eigenvalue weighted by molar-refractivity contribution is 4.99. The van der Waals surface area contributed by atoms with E-state index >= 15 is 0 Å². The molecule has 0 heterocycles. The minimum atomic E-state index is 1.16. The molecule has 0 fully saturated rings. The van der Waals surface area contributed by atoms with Gasteiger partial charge in [-0.1, -0.05) is 26.3 Å². The Bertz CT molecular complexity index is 157. The van der Waals surface area contributed by atoms with E-state index in [1.807, 2.05) is 19.9 Å². The Kier molecular flexibility index (Phi) is 15.7. The Hall–Kier alpha value is -0.740. The van der Waals surface area contributed by atoms with Gasteiger partial charge in [-0.05, 0) is 44.8 Å². The quantitative estimate of drug-likeness (QED) is 0.427. The number of allylic oxidation sites excluding steroid dienone is 2. The van der Waals surface area contributed by atoms with Gasteiger partial charge in [0.15, 0.2) is 0 Å². The molecule has 0 atom stereocenters. The molecule has 0 spiro atoms. The van der Waals surface area contributed by atoms with Crippen molar-refractivity contribution >= 4 is 0 Å². The SMILES string of the molecule is C=CC.CC=C=C(CC)CCCC. The van der Waals surface area contributed by atoms with Crippen LogP contribution in [0.4, 0.5) is 0 Å². The van der Waals surface area contributed by atoms with Crippen molar-refractivity contribution in [2.75, 3.05) is 0 Å². The molecule has 0 aliphatic heterocycles. The van der Waals surface area contributed by atoms with Gasteiger partial charge in [0.1, 0.15) is 0 Å². The van der Waals surface area contributed by atoms with Gasteiger partial charge in [0.2, 0.25) is 0 Å². The largest absolute Gasteiger partial charge is 0.126 e. The average molecular weight is 180 g/mol. The van der Waals surface area contributed by atoms with Crippen molar-refractivity contribution < 1.29 is 0 Å². The van der Waals surface area contributed by atoms with Crippen LogP contribution in [0.5, 0.6) is 0 Å². The molecule has 13 heavy (non-hydrogen) atoms. The van der Waals surface area contributed by atoms with Gasteiger partial charge in [0, 0.05) is 0 Å². The van der Waals surface area contributed by atoms with E-state index in [2.05, 4.69) is 26.2 Å². The molecule has 0 aromatic rings. The zero-order valence-electron chi connectivity index (χ0n) is 9.69. The third kappa shape index (κ3) is 14.2. The van der Waals surface area contributed by atoms with Crippen LogP contribution >= 0.6 is 0 Å². The van der Waals surface area contributed by atoms with E-state index in [1.54, 1.807) is 6.08 Å². The van der Waals surface area contributed by atoms with Crippen LogP contribution in [0.1, 0.15) is 53.4 Å². The van der Waals surface area contributed by atoms with E-state index < -0.39 is 0 Å². The van der Waals surface area contributed by atoms with E-state index in [1.165, 1.54) is 24.8 Å². The monoisotopic (exact) mass is 180 g/mol. The normalized spacial score (nSPS) is 7.69. The standard InChI is InChI=1S/C10H18.C3H6/c1-4-7-9-10(6-3)8-5-2;1-3-2/h5H,4,6-7,9H2,1-3H3;3H,1H2,2H3. The number of unbranched alkanes of at least 4 members (excludes halogenated alkanes) is 1. The van der Waals surface area contributed by atoms with Crippen molar-refractivity contribution in [2.24, 2.45) is 0 Å². The Morgan fingerprint density at radius 1 is 1.31 bits per heavy atom. The summed E-state index contributed by atoms with van der Waals surface area (Å²) in [6.45, 7) is 11.7. The summed E-state index contributed by atoms with van der Waals surface area (Å²) in [5.74, 6) is 0. The molecule has 0 aliphatic carbocycles. The van der Waals surface area contributed by atoms with E-state index in [4.69, 9.17) is 0 Å². The van der Waals surface area contributed by atoms with E-state index in [0.717, 1.165) is 6.42 Å². The zero-order chi connectivity index (χ0) is 10.5. The first-order valence-corrected chi connectivity index (χ1v) is 5.22. The fraction of sp³-hybridized carbons (Fsp3) is 0.615. The molecular formula is C13H24. The fourth-order valence-electron chi connectivity index (χ4n) is 0.945. The lowest BCUT2D eigenvalue weighted by Gasteiger charge is -1.97. The molecular weight excluding hydrogens is 156 g/mol. The molecule has 0 nitrogen and oxygen atoms in total. The van der Waals surface area contributed by atoms with Gasteiger partial charge >= 0.3 is 0 Å². The first-order valence-electron chi connectivity index (χ1n) is 5.22. The molecule has 0 aliphatic rings. The van der Waals surface area contributed by atoms with E-state index in [0.29, 0.717) is 0 Å². The highest BCUT2D eigenvalue weighted by Crippen LogP contribution is 2.08. The minimum Gasteiger partial charge on any atom is -0.126 e. The summed E-state index contributed by atoms with van der Waals surface area (Å²) in [7, 11) is 0. The van der Waals surface area contributed by atoms with Gasteiger partial charge in [-0.25, -0.2) is 0 Å². The van der Waals surface area contributed by atoms with Crippen LogP contribution in [0, 0.1) is 0 Å². The lowest BCUT2D eigenvalue weighted by Crippen LogP contribution is -1.78. The molecule has 0 N–H and O–H groups in total. The summed E-state index contributed by atoms with van der Waals surface area (Å²) >= 11 is 0. The van der Waals surface area contributed by atoms with Gasteiger partial charge < -0.3 is 0 Å². The Morgan fingerprint density at radius 2 is 1.85 bits per heavy atom. The van der Waals surface area contributed by atoms with Crippen molar-refractivity contribution in [3.63, 3.8) is 0 Å². The second-order valence-corrected chi connectivity index (χ2v) is 2.90. The van der Waals surface area contributed by atoms with Crippen molar-refractivity contribution in [1.29, 1.82) is 0 Å². The fourth-order valence-corrected chi connectivity index (χ4v) is 0.945. The first-order chi connectivity index (χ1) is 6.26. The maximum absolute atomic E-state index is 3.36. The lowest BCUT2D eigenvalue weighted by molar-refractivity contribution is 0.767. The molecule has 0 aromatic carbocycles. The summed E-state index contributed by atoms with van der Waals surface area (Å²) in [4.78, 5) is 0. The van der Waals surface area contributed by atoms with E-state index in [-0.39, 0.29) is 0 Å². The number of hydrogen-bond acceptors (Lipinski definition) is 0. The maximum Gasteiger partial charge on any atom is -0.0244 e. The van der Waals surface area contributed by atoms with Crippen molar-refractivity contribution in [3.8, 4) is 0 Å². The summed E-state index contributed by atoms with van der Waals surface area (Å²) < 4.78 is 0. The predicted octanol–water partition coefficient (Wildman–Crippen LogP) is 4.88. The van der Waals surface area contributed by atoms with Crippen LogP contribution in [0.3, 0.4) is 0 Å². The zero-order valence-corrected chi connectivity index (χ0v) is 9.69. The van der Waals surface area contributed by atoms with Crippen LogP contribution < -0.4 is 0 Å². The average Bonchev–Trinajstić information content (AvgIpc) is 2.13. The minimum absolute atomic E-state index is 1.16. The molecule has 0 rings (SSSR count). The van der Waals surface area contributed by atoms with Crippen LogP contribution in [0.25, 0.3) is 0 Å². The maximum atomic E-state index is 3.36. The predicted molar refractivity (Wildman–Crippen MR) is 63.0 cm³/mol. The highest BCUT2D eigenvalue weighted by atomic mass is 13.9. The van der Waals surface area contributed by atoms with Gasteiger partial charge in [-0.3, -0.25) is 0 Å². The van der Waals surface area contributed by atoms with Crippen molar-refractivity contribution in [1.82, 2.24) is 0 Å². The molecule has 0 saturated carbocycles. The van der Waals surface area contributed by atoms with Gasteiger partial charge in [0.05, 0.1) is 0 Å². The van der Waals surface area contributed by atoms with Crippen LogP contribution in [-0.2, 0) is 0 Å². The van der Waals surface area contributed by atoms with Gasteiger partial charge in [-0.15, -0.1) is 12.3 Å². The second-order valence-electron chi connectivity index (χ2n) is 2.90. The number of rotatable bonds is 4. The summed E-state index contributed by atoms with van der Waals surface area (Å²) in [6.07, 6.45) is 8.75. The molecule has 0 bridgehead atoms. The topological polar surface area (TPSA) is 0 Å². The molecule has 76 valence electrons. The molecule has 0 unspecified atom stereocenters. The van der Waals surface area contributed by atoms with Crippen LogP contribution in [0.15, 0.2) is 30.0 Å². The number of hydrogen-bond donors (Lipinski definition) is 0. The third-order valence-corrected chi connectivity index (χ3v) is 1.61. The van der Waals surface area contributed by atoms with Crippen LogP contribution in [-0.4, -0.2) is 0 Å². The molecule has 0 amide bonds. The Balaban J connectivity index is 0. The molecule has 0 radical (unpaired) electrons. The second kappa shape index (κ2) is 13.8. The molecule has 0 aromatic heterocycles. The summed E-state index contributed by atoms with van der Waals surface area (Å²) in [5.41, 5.74) is 4.72. The van der Waals surface area contributed by atoms with Crippen molar-refractivity contribution in [2.45, 2.75) is 53.4 Å². The molecule has 0 saturated heterocycles. The summed E-state index contributed by atoms with van der Waals surface area (Å²) in [6, 6.07) is 0. The smallest absolute Gasteiger partial charge is 0.0244 e. The Labute approximate surface area is 84.1 Å². The molecule has 0 heteroatoms. The third-order valence-electron chi connectivity index (χ3n) is 1.61. The summed E-state index contributed by atoms with van der Waals surface area (Å²) in [5, 5.41) is 0. The van der Waals surface area contributed by atoms with Gasteiger partial charge in [-0.2, -0.15) is 0 Å². The van der Waals surface area contributed by atoms with Gasteiger partial charge in [0.25, 0.3) is 0 Å². The van der Waals surface area contributed by atoms with Crippen LogP contribution in [0.2, 0.25) is 0 Å².